The van der Waals surface area contributed by atoms with Gasteiger partial charge < -0.3 is 15.4 Å². The number of hydrogen-bond acceptors (Lipinski definition) is 5. The summed E-state index contributed by atoms with van der Waals surface area (Å²) >= 11 is 3.33. The number of nitrogens with one attached hydrogen (secondary N) is 3. The van der Waals surface area contributed by atoms with Crippen molar-refractivity contribution in [3.8, 4) is 5.75 Å². The monoisotopic (exact) mass is 432 g/mol. The van der Waals surface area contributed by atoms with Crippen LogP contribution in [0.25, 0.3) is 0 Å². The molecule has 2 aromatic carbocycles. The molecule has 0 saturated heterocycles. The lowest BCUT2D eigenvalue weighted by molar-refractivity contribution is -0.138. The molecule has 2 aromatic rings. The quantitative estimate of drug-likeness (QED) is 0.366. The lowest BCUT2D eigenvalue weighted by atomic mass is 10.2. The topological polar surface area (TPSA) is 109 Å². The fourth-order valence-electron chi connectivity index (χ4n) is 1.94. The minimum atomic E-state index is -0.895. The lowest BCUT2D eigenvalue weighted by Gasteiger charge is -2.10. The third kappa shape index (κ3) is 6.55. The minimum Gasteiger partial charge on any atom is -0.483 e. The van der Waals surface area contributed by atoms with E-state index in [4.69, 9.17) is 4.74 Å². The zero-order chi connectivity index (χ0) is 19.6. The van der Waals surface area contributed by atoms with Gasteiger partial charge in [0.15, 0.2) is 6.61 Å². The third-order valence-electron chi connectivity index (χ3n) is 3.19. The Morgan fingerprint density at radius 2 is 1.85 bits per heavy atom. The zero-order valence-electron chi connectivity index (χ0n) is 14.4. The molecule has 0 saturated carbocycles. The SMILES string of the molecule is CNC(=O)C(=O)N/N=C\c1cc(Br)ccc1OCC(=O)Nc1ccccc1. The number of para-hydroxylation sites is 1. The van der Waals surface area contributed by atoms with Crippen molar-refractivity contribution in [2.45, 2.75) is 0 Å². The molecule has 0 aliphatic heterocycles. The molecule has 0 heterocycles. The molecule has 9 heteroatoms. The Bertz CT molecular complexity index is 856. The predicted molar refractivity (Wildman–Crippen MR) is 105 cm³/mol. The largest absolute Gasteiger partial charge is 0.483 e. The highest BCUT2D eigenvalue weighted by atomic mass is 79.9. The molecule has 0 aliphatic rings. The van der Waals surface area contributed by atoms with Gasteiger partial charge in [-0.3, -0.25) is 14.4 Å². The summed E-state index contributed by atoms with van der Waals surface area (Å²) in [7, 11) is 1.34. The molecule has 3 amide bonds. The Morgan fingerprint density at radius 3 is 2.56 bits per heavy atom. The molecule has 0 aliphatic carbocycles. The van der Waals surface area contributed by atoms with E-state index < -0.39 is 11.8 Å². The van der Waals surface area contributed by atoms with Crippen LogP contribution >= 0.6 is 15.9 Å². The normalized spacial score (nSPS) is 10.3. The molecule has 0 spiro atoms. The van der Waals surface area contributed by atoms with Gasteiger partial charge in [-0.2, -0.15) is 5.10 Å². The third-order valence-corrected chi connectivity index (χ3v) is 3.68. The summed E-state index contributed by atoms with van der Waals surface area (Å²) in [6.45, 7) is -0.206. The Morgan fingerprint density at radius 1 is 1.11 bits per heavy atom. The van der Waals surface area contributed by atoms with Crippen LogP contribution in [0.3, 0.4) is 0 Å². The first-order chi connectivity index (χ1) is 13.0. The molecule has 140 valence electrons. The second kappa shape index (κ2) is 10.1. The number of hydrogen-bond donors (Lipinski definition) is 3. The van der Waals surface area contributed by atoms with Crippen molar-refractivity contribution in [2.24, 2.45) is 5.10 Å². The molecule has 0 bridgehead atoms. The summed E-state index contributed by atoms with van der Waals surface area (Å²) in [5, 5.41) is 8.62. The van der Waals surface area contributed by atoms with Gasteiger partial charge in [0, 0.05) is 22.8 Å². The highest BCUT2D eigenvalue weighted by molar-refractivity contribution is 9.10. The maximum absolute atomic E-state index is 12.0. The highest BCUT2D eigenvalue weighted by Gasteiger charge is 2.10. The van der Waals surface area contributed by atoms with Crippen LogP contribution in [0.1, 0.15) is 5.56 Å². The van der Waals surface area contributed by atoms with E-state index in [0.29, 0.717) is 17.0 Å². The van der Waals surface area contributed by atoms with Gasteiger partial charge in [-0.1, -0.05) is 34.1 Å². The maximum atomic E-state index is 12.0. The van der Waals surface area contributed by atoms with Crippen molar-refractivity contribution in [1.82, 2.24) is 10.7 Å². The Balaban J connectivity index is 1.99. The number of anilines is 1. The number of nitrogens with zero attached hydrogens (tertiary/aromatic N) is 1. The van der Waals surface area contributed by atoms with Crippen molar-refractivity contribution in [3.05, 3.63) is 58.6 Å². The summed E-state index contributed by atoms with van der Waals surface area (Å²) < 4.78 is 6.29. The molecule has 27 heavy (non-hydrogen) atoms. The number of hydrazone groups is 1. The number of carbonyl (C=O) groups excluding carboxylic acids is 3. The first-order valence-electron chi connectivity index (χ1n) is 7.82. The van der Waals surface area contributed by atoms with Crippen LogP contribution in [-0.2, 0) is 14.4 Å². The number of likely N-dealkylation sites (N-methyl/N-ethyl adjacent to an activating group) is 1. The number of benzene rings is 2. The second-order valence-electron chi connectivity index (χ2n) is 5.16. The summed E-state index contributed by atoms with van der Waals surface area (Å²) in [4.78, 5) is 34.5. The molecule has 8 nitrogen and oxygen atoms in total. The lowest BCUT2D eigenvalue weighted by Crippen LogP contribution is -2.35. The van der Waals surface area contributed by atoms with Crippen molar-refractivity contribution >= 4 is 45.6 Å². The minimum absolute atomic E-state index is 0.206. The van der Waals surface area contributed by atoms with Gasteiger partial charge in [0.2, 0.25) is 0 Å². The van der Waals surface area contributed by atoms with Crippen molar-refractivity contribution in [2.75, 3.05) is 19.0 Å². The van der Waals surface area contributed by atoms with E-state index in [-0.39, 0.29) is 12.5 Å². The fraction of sp³-hybridized carbons (Fsp3) is 0.111. The average molecular weight is 433 g/mol. The summed E-state index contributed by atoms with van der Waals surface area (Å²) in [5.74, 6) is -1.64. The summed E-state index contributed by atoms with van der Waals surface area (Å²) in [5.41, 5.74) is 3.27. The van der Waals surface area contributed by atoms with Gasteiger partial charge >= 0.3 is 11.8 Å². The second-order valence-corrected chi connectivity index (χ2v) is 6.08. The number of rotatable bonds is 6. The zero-order valence-corrected chi connectivity index (χ0v) is 15.9. The van der Waals surface area contributed by atoms with Crippen molar-refractivity contribution in [1.29, 1.82) is 0 Å². The van der Waals surface area contributed by atoms with E-state index in [1.165, 1.54) is 13.3 Å². The van der Waals surface area contributed by atoms with Crippen LogP contribution in [0.15, 0.2) is 58.1 Å². The summed E-state index contributed by atoms with van der Waals surface area (Å²) in [6.07, 6.45) is 1.32. The highest BCUT2D eigenvalue weighted by Crippen LogP contribution is 2.22. The molecule has 0 unspecified atom stereocenters. The van der Waals surface area contributed by atoms with E-state index in [2.05, 4.69) is 37.1 Å². The number of halogens is 1. The molecule has 3 N–H and O–H groups in total. The molecule has 0 aromatic heterocycles. The average Bonchev–Trinajstić information content (AvgIpc) is 2.67. The van der Waals surface area contributed by atoms with E-state index in [0.717, 1.165) is 4.47 Å². The van der Waals surface area contributed by atoms with E-state index in [1.807, 2.05) is 18.2 Å². The number of amides is 3. The molecule has 0 fully saturated rings. The van der Waals surface area contributed by atoms with Gasteiger partial charge in [0.05, 0.1) is 6.21 Å². The molecule has 0 atom stereocenters. The van der Waals surface area contributed by atoms with Crippen molar-refractivity contribution in [3.63, 3.8) is 0 Å². The van der Waals surface area contributed by atoms with Crippen LogP contribution in [-0.4, -0.2) is 37.6 Å². The summed E-state index contributed by atoms with van der Waals surface area (Å²) in [6, 6.07) is 14.1. The molecule has 0 radical (unpaired) electrons. The maximum Gasteiger partial charge on any atom is 0.329 e. The van der Waals surface area contributed by atoms with Crippen LogP contribution in [0.2, 0.25) is 0 Å². The van der Waals surface area contributed by atoms with Crippen LogP contribution in [0.4, 0.5) is 5.69 Å². The van der Waals surface area contributed by atoms with Crippen LogP contribution in [0.5, 0.6) is 5.75 Å². The van der Waals surface area contributed by atoms with Gasteiger partial charge in [-0.25, -0.2) is 5.43 Å². The van der Waals surface area contributed by atoms with Crippen LogP contribution < -0.4 is 20.8 Å². The van der Waals surface area contributed by atoms with E-state index >= 15 is 0 Å². The molecular weight excluding hydrogens is 416 g/mol. The van der Waals surface area contributed by atoms with Crippen molar-refractivity contribution < 1.29 is 19.1 Å². The smallest absolute Gasteiger partial charge is 0.329 e. The Hall–Kier alpha value is -3.20. The first-order valence-corrected chi connectivity index (χ1v) is 8.61. The number of carbonyl (C=O) groups is 3. The van der Waals surface area contributed by atoms with Crippen LogP contribution in [0, 0.1) is 0 Å². The predicted octanol–water partition coefficient (Wildman–Crippen LogP) is 1.66. The van der Waals surface area contributed by atoms with E-state index in [1.54, 1.807) is 30.3 Å². The van der Waals surface area contributed by atoms with Gasteiger partial charge in [-0.05, 0) is 30.3 Å². The Labute approximate surface area is 164 Å². The van der Waals surface area contributed by atoms with Gasteiger partial charge in [0.1, 0.15) is 5.75 Å². The standard InChI is InChI=1S/C18H17BrN4O4/c1-20-17(25)18(26)23-21-10-12-9-13(19)7-8-15(12)27-11-16(24)22-14-5-3-2-4-6-14/h2-10H,11H2,1H3,(H,20,25)(H,22,24)(H,23,26)/b21-10-. The van der Waals surface area contributed by atoms with Gasteiger partial charge in [-0.15, -0.1) is 0 Å². The first kappa shape index (κ1) is 20.1. The molecule has 2 rings (SSSR count). The Kier molecular flexibility index (Phi) is 7.50. The molecular formula is C18H17BrN4O4. The van der Waals surface area contributed by atoms with E-state index in [9.17, 15) is 14.4 Å². The number of ether oxygens (including phenoxy) is 1. The fourth-order valence-corrected chi connectivity index (χ4v) is 2.32. The van der Waals surface area contributed by atoms with Gasteiger partial charge in [0.25, 0.3) is 5.91 Å².